The fourth-order valence-corrected chi connectivity index (χ4v) is 1.41. The van der Waals surface area contributed by atoms with Crippen molar-refractivity contribution in [2.45, 2.75) is 12.8 Å². The van der Waals surface area contributed by atoms with Gasteiger partial charge in [0.2, 0.25) is 0 Å². The van der Waals surface area contributed by atoms with E-state index < -0.39 is 0 Å². The number of Topliss-reactive ketones (excluding diaryl/α,β-unsaturated/α-hetero) is 1. The van der Waals surface area contributed by atoms with Crippen LogP contribution in [0, 0.1) is 11.3 Å². The second-order valence-corrected chi connectivity index (χ2v) is 3.55. The fourth-order valence-electron chi connectivity index (χ4n) is 1.02. The van der Waals surface area contributed by atoms with Gasteiger partial charge in [-0.1, -0.05) is 23.2 Å². The smallest absolute Gasteiger partial charge is 0.165 e. The highest BCUT2D eigenvalue weighted by Crippen LogP contribution is 2.22. The molecule has 0 aliphatic carbocycles. The number of hydrogen-bond acceptors (Lipinski definition) is 2. The third kappa shape index (κ3) is 2.73. The van der Waals surface area contributed by atoms with E-state index in [-0.39, 0.29) is 18.6 Å². The van der Waals surface area contributed by atoms with Crippen molar-refractivity contribution in [2.75, 3.05) is 0 Å². The maximum Gasteiger partial charge on any atom is 0.165 e. The molecule has 0 aliphatic rings. The van der Waals surface area contributed by atoms with Crippen LogP contribution >= 0.6 is 23.2 Å². The number of carbonyl (C=O) groups excluding carboxylic acids is 1. The van der Waals surface area contributed by atoms with Crippen molar-refractivity contribution in [1.29, 1.82) is 5.26 Å². The molecule has 0 saturated heterocycles. The first-order chi connectivity index (χ1) is 6.65. The monoisotopic (exact) mass is 227 g/mol. The number of nitriles is 1. The van der Waals surface area contributed by atoms with Gasteiger partial charge in [0.1, 0.15) is 0 Å². The summed E-state index contributed by atoms with van der Waals surface area (Å²) in [4.78, 5) is 11.5. The molecule has 4 heteroatoms. The Labute approximate surface area is 92.1 Å². The zero-order chi connectivity index (χ0) is 10.6. The molecule has 0 spiro atoms. The fraction of sp³-hybridized carbons (Fsp3) is 0.200. The number of rotatable bonds is 3. The highest BCUT2D eigenvalue weighted by atomic mass is 35.5. The molecular formula is C10H7Cl2NO. The van der Waals surface area contributed by atoms with Gasteiger partial charge < -0.3 is 0 Å². The van der Waals surface area contributed by atoms with Crippen molar-refractivity contribution < 1.29 is 4.79 Å². The molecule has 0 N–H and O–H groups in total. The van der Waals surface area contributed by atoms with Gasteiger partial charge in [0.15, 0.2) is 5.78 Å². The standard InChI is InChI=1S/C10H7Cl2NO/c11-7-3-4-9(12)8(6-7)10(14)2-1-5-13/h3-4,6H,1-2H2. The van der Waals surface area contributed by atoms with Gasteiger partial charge in [0.25, 0.3) is 0 Å². The summed E-state index contributed by atoms with van der Waals surface area (Å²) in [5, 5.41) is 9.16. The predicted molar refractivity (Wildman–Crippen MR) is 55.6 cm³/mol. The Morgan fingerprint density at radius 1 is 1.43 bits per heavy atom. The summed E-state index contributed by atoms with van der Waals surface area (Å²) in [5.74, 6) is -0.154. The van der Waals surface area contributed by atoms with Gasteiger partial charge in [0, 0.05) is 23.4 Å². The summed E-state index contributed by atoms with van der Waals surface area (Å²) in [6, 6.07) is 6.61. The molecule has 0 heterocycles. The van der Waals surface area contributed by atoms with Crippen LogP contribution in [-0.4, -0.2) is 5.78 Å². The van der Waals surface area contributed by atoms with E-state index in [4.69, 9.17) is 28.5 Å². The second-order valence-electron chi connectivity index (χ2n) is 2.71. The summed E-state index contributed by atoms with van der Waals surface area (Å²) < 4.78 is 0. The van der Waals surface area contributed by atoms with Gasteiger partial charge >= 0.3 is 0 Å². The summed E-state index contributed by atoms with van der Waals surface area (Å²) in [6.07, 6.45) is 0.373. The molecule has 0 saturated carbocycles. The van der Waals surface area contributed by atoms with Gasteiger partial charge in [-0.05, 0) is 18.2 Å². The molecule has 0 unspecified atom stereocenters. The van der Waals surface area contributed by atoms with Crippen LogP contribution in [0.4, 0.5) is 0 Å². The van der Waals surface area contributed by atoms with Gasteiger partial charge in [-0.2, -0.15) is 5.26 Å². The Hall–Kier alpha value is -1.04. The molecule has 72 valence electrons. The van der Waals surface area contributed by atoms with Crippen LogP contribution in [-0.2, 0) is 0 Å². The van der Waals surface area contributed by atoms with Crippen LogP contribution in [0.1, 0.15) is 23.2 Å². The Morgan fingerprint density at radius 3 is 2.79 bits per heavy atom. The topological polar surface area (TPSA) is 40.9 Å². The zero-order valence-corrected chi connectivity index (χ0v) is 8.77. The predicted octanol–water partition coefficient (Wildman–Crippen LogP) is 3.48. The van der Waals surface area contributed by atoms with Crippen LogP contribution in [0.2, 0.25) is 10.0 Å². The highest BCUT2D eigenvalue weighted by Gasteiger charge is 2.10. The summed E-state index contributed by atoms with van der Waals surface area (Å²) in [6.45, 7) is 0. The van der Waals surface area contributed by atoms with Crippen molar-refractivity contribution >= 4 is 29.0 Å². The molecule has 14 heavy (non-hydrogen) atoms. The average Bonchev–Trinajstić information content (AvgIpc) is 2.18. The number of ketones is 1. The number of halogens is 2. The van der Waals surface area contributed by atoms with Crippen molar-refractivity contribution in [2.24, 2.45) is 0 Å². The summed E-state index contributed by atoms with van der Waals surface area (Å²) >= 11 is 11.5. The minimum atomic E-state index is -0.154. The molecule has 0 atom stereocenters. The van der Waals surface area contributed by atoms with Crippen LogP contribution in [0.25, 0.3) is 0 Å². The first kappa shape index (κ1) is 11.0. The quantitative estimate of drug-likeness (QED) is 0.743. The lowest BCUT2D eigenvalue weighted by atomic mass is 10.1. The molecule has 0 aromatic heterocycles. The third-order valence-corrected chi connectivity index (χ3v) is 2.26. The molecule has 0 bridgehead atoms. The SMILES string of the molecule is N#CCCC(=O)c1cc(Cl)ccc1Cl. The first-order valence-electron chi connectivity index (χ1n) is 4.00. The Kier molecular flexibility index (Phi) is 3.94. The first-order valence-corrected chi connectivity index (χ1v) is 4.76. The summed E-state index contributed by atoms with van der Waals surface area (Å²) in [5.41, 5.74) is 0.384. The lowest BCUT2D eigenvalue weighted by Crippen LogP contribution is -1.99. The lowest BCUT2D eigenvalue weighted by Gasteiger charge is -2.01. The van der Waals surface area contributed by atoms with Gasteiger partial charge in [-0.15, -0.1) is 0 Å². The molecule has 0 radical (unpaired) electrons. The van der Waals surface area contributed by atoms with Gasteiger partial charge in [0.05, 0.1) is 11.1 Å². The van der Waals surface area contributed by atoms with E-state index in [0.717, 1.165) is 0 Å². The van der Waals surface area contributed by atoms with E-state index in [2.05, 4.69) is 0 Å². The number of carbonyl (C=O) groups is 1. The van der Waals surface area contributed by atoms with Crippen molar-refractivity contribution in [3.63, 3.8) is 0 Å². The molecule has 1 aromatic rings. The lowest BCUT2D eigenvalue weighted by molar-refractivity contribution is 0.0984. The maximum atomic E-state index is 11.5. The molecule has 1 rings (SSSR count). The van der Waals surface area contributed by atoms with E-state index in [1.165, 1.54) is 6.07 Å². The van der Waals surface area contributed by atoms with Crippen LogP contribution < -0.4 is 0 Å². The Bertz CT molecular complexity index is 396. The largest absolute Gasteiger partial charge is 0.294 e. The maximum absolute atomic E-state index is 11.5. The normalized spacial score (nSPS) is 9.50. The molecule has 0 amide bonds. The van der Waals surface area contributed by atoms with E-state index >= 15 is 0 Å². The van der Waals surface area contributed by atoms with Gasteiger partial charge in [-0.3, -0.25) is 4.79 Å². The van der Waals surface area contributed by atoms with E-state index in [0.29, 0.717) is 15.6 Å². The third-order valence-electron chi connectivity index (χ3n) is 1.69. The minimum Gasteiger partial charge on any atom is -0.294 e. The molecule has 1 aromatic carbocycles. The zero-order valence-electron chi connectivity index (χ0n) is 7.26. The molecular weight excluding hydrogens is 221 g/mol. The van der Waals surface area contributed by atoms with E-state index in [9.17, 15) is 4.79 Å². The molecule has 0 fully saturated rings. The summed E-state index contributed by atoms with van der Waals surface area (Å²) in [7, 11) is 0. The van der Waals surface area contributed by atoms with E-state index in [1.54, 1.807) is 12.1 Å². The Morgan fingerprint density at radius 2 is 2.14 bits per heavy atom. The van der Waals surface area contributed by atoms with Crippen molar-refractivity contribution in [1.82, 2.24) is 0 Å². The average molecular weight is 228 g/mol. The van der Waals surface area contributed by atoms with Crippen molar-refractivity contribution in [3.05, 3.63) is 33.8 Å². The highest BCUT2D eigenvalue weighted by molar-refractivity contribution is 6.35. The Balaban J connectivity index is 2.90. The number of benzene rings is 1. The molecule has 0 aliphatic heterocycles. The number of hydrogen-bond donors (Lipinski definition) is 0. The second kappa shape index (κ2) is 4.99. The number of nitrogens with zero attached hydrogens (tertiary/aromatic N) is 1. The van der Waals surface area contributed by atoms with Gasteiger partial charge in [-0.25, -0.2) is 0 Å². The minimum absolute atomic E-state index is 0.154. The van der Waals surface area contributed by atoms with Crippen LogP contribution in [0.3, 0.4) is 0 Å². The van der Waals surface area contributed by atoms with E-state index in [1.807, 2.05) is 6.07 Å². The van der Waals surface area contributed by atoms with Crippen LogP contribution in [0.15, 0.2) is 18.2 Å². The van der Waals surface area contributed by atoms with Crippen molar-refractivity contribution in [3.8, 4) is 6.07 Å². The molecule has 2 nitrogen and oxygen atoms in total. The van der Waals surface area contributed by atoms with Crippen LogP contribution in [0.5, 0.6) is 0 Å².